The molecule has 2 rings (SSSR count). The Morgan fingerprint density at radius 1 is 1.19 bits per heavy atom. The lowest BCUT2D eigenvalue weighted by Crippen LogP contribution is -2.45. The second-order valence-corrected chi connectivity index (χ2v) is 9.82. The van der Waals surface area contributed by atoms with Crippen molar-refractivity contribution in [1.29, 1.82) is 0 Å². The Labute approximate surface area is 174 Å². The highest BCUT2D eigenvalue weighted by Gasteiger charge is 2.30. The van der Waals surface area contributed by atoms with Crippen LogP contribution in [0.2, 0.25) is 10.0 Å². The summed E-state index contributed by atoms with van der Waals surface area (Å²) in [5, 5.41) is 3.38. The van der Waals surface area contributed by atoms with Gasteiger partial charge in [0.25, 0.3) is 0 Å². The number of para-hydroxylation sites is 1. The SMILES string of the molecule is CCSc1ccccc1NC(=O)[C@H](C)N(c1cc(Cl)cc(Cl)c1)S(C)(=O)=O. The number of hydrogen-bond acceptors (Lipinski definition) is 4. The van der Waals surface area contributed by atoms with E-state index in [1.54, 1.807) is 17.8 Å². The summed E-state index contributed by atoms with van der Waals surface area (Å²) >= 11 is 13.6. The Morgan fingerprint density at radius 2 is 1.78 bits per heavy atom. The van der Waals surface area contributed by atoms with Crippen molar-refractivity contribution in [2.45, 2.75) is 24.8 Å². The van der Waals surface area contributed by atoms with E-state index in [4.69, 9.17) is 23.2 Å². The quantitative estimate of drug-likeness (QED) is 0.614. The monoisotopic (exact) mass is 446 g/mol. The van der Waals surface area contributed by atoms with Crippen molar-refractivity contribution >= 4 is 62.3 Å². The molecule has 1 N–H and O–H groups in total. The minimum absolute atomic E-state index is 0.230. The van der Waals surface area contributed by atoms with Crippen molar-refractivity contribution in [3.05, 3.63) is 52.5 Å². The molecular formula is C18H20Cl2N2O3S2. The number of carbonyl (C=O) groups excluding carboxylic acids is 1. The topological polar surface area (TPSA) is 66.5 Å². The summed E-state index contributed by atoms with van der Waals surface area (Å²) in [5.74, 6) is 0.388. The minimum Gasteiger partial charge on any atom is -0.323 e. The summed E-state index contributed by atoms with van der Waals surface area (Å²) in [6, 6.07) is 10.8. The van der Waals surface area contributed by atoms with Crippen LogP contribution in [0.3, 0.4) is 0 Å². The smallest absolute Gasteiger partial charge is 0.248 e. The van der Waals surface area contributed by atoms with Crippen molar-refractivity contribution in [2.24, 2.45) is 0 Å². The van der Waals surface area contributed by atoms with Crippen molar-refractivity contribution in [2.75, 3.05) is 21.6 Å². The number of benzene rings is 2. The summed E-state index contributed by atoms with van der Waals surface area (Å²) in [6.07, 6.45) is 1.03. The summed E-state index contributed by atoms with van der Waals surface area (Å²) < 4.78 is 25.8. The number of hydrogen-bond donors (Lipinski definition) is 1. The lowest BCUT2D eigenvalue weighted by molar-refractivity contribution is -0.116. The fraction of sp³-hybridized carbons (Fsp3) is 0.278. The van der Waals surface area contributed by atoms with Gasteiger partial charge in [-0.3, -0.25) is 9.10 Å². The standard InChI is InChI=1S/C18H20Cl2N2O3S2/c1-4-26-17-8-6-5-7-16(17)21-18(23)12(2)22(27(3,24)25)15-10-13(19)9-14(20)11-15/h5-12H,4H2,1-3H3,(H,21,23)/t12-/m0/s1. The highest BCUT2D eigenvalue weighted by molar-refractivity contribution is 7.99. The van der Waals surface area contributed by atoms with E-state index in [9.17, 15) is 13.2 Å². The van der Waals surface area contributed by atoms with Crippen LogP contribution >= 0.6 is 35.0 Å². The van der Waals surface area contributed by atoms with Gasteiger partial charge < -0.3 is 5.32 Å². The van der Waals surface area contributed by atoms with Crippen LogP contribution in [0.5, 0.6) is 0 Å². The third kappa shape index (κ3) is 5.78. The molecule has 0 saturated heterocycles. The Kier molecular flexibility index (Phi) is 7.45. The van der Waals surface area contributed by atoms with E-state index in [1.165, 1.54) is 25.1 Å². The molecule has 2 aromatic carbocycles. The van der Waals surface area contributed by atoms with Crippen molar-refractivity contribution in [3.8, 4) is 0 Å². The first-order valence-corrected chi connectivity index (χ1v) is 11.7. The van der Waals surface area contributed by atoms with E-state index in [2.05, 4.69) is 5.32 Å². The van der Waals surface area contributed by atoms with Gasteiger partial charge >= 0.3 is 0 Å². The molecule has 9 heteroatoms. The van der Waals surface area contributed by atoms with Gasteiger partial charge in [-0.05, 0) is 43.0 Å². The largest absolute Gasteiger partial charge is 0.323 e. The molecule has 5 nitrogen and oxygen atoms in total. The molecule has 1 atom stereocenters. The zero-order valence-corrected chi connectivity index (χ0v) is 18.2. The number of nitrogens with one attached hydrogen (secondary N) is 1. The summed E-state index contributed by atoms with van der Waals surface area (Å²) in [7, 11) is -3.76. The number of carbonyl (C=O) groups is 1. The molecule has 0 aliphatic carbocycles. The molecule has 27 heavy (non-hydrogen) atoms. The van der Waals surface area contributed by atoms with Gasteiger partial charge in [0.1, 0.15) is 6.04 Å². The van der Waals surface area contributed by atoms with Gasteiger partial charge in [-0.15, -0.1) is 11.8 Å². The zero-order valence-electron chi connectivity index (χ0n) is 15.1. The molecule has 0 fully saturated rings. The van der Waals surface area contributed by atoms with Crippen LogP contribution in [0.4, 0.5) is 11.4 Å². The first kappa shape index (κ1) is 21.9. The van der Waals surface area contributed by atoms with E-state index in [0.717, 1.165) is 21.2 Å². The van der Waals surface area contributed by atoms with Gasteiger partial charge in [-0.25, -0.2) is 8.42 Å². The van der Waals surface area contributed by atoms with Crippen LogP contribution in [0.1, 0.15) is 13.8 Å². The molecule has 0 saturated carbocycles. The van der Waals surface area contributed by atoms with E-state index < -0.39 is 22.0 Å². The van der Waals surface area contributed by atoms with E-state index in [-0.39, 0.29) is 15.7 Å². The maximum absolute atomic E-state index is 12.8. The Morgan fingerprint density at radius 3 is 2.33 bits per heavy atom. The maximum atomic E-state index is 12.8. The predicted molar refractivity (Wildman–Crippen MR) is 115 cm³/mol. The number of sulfonamides is 1. The lowest BCUT2D eigenvalue weighted by Gasteiger charge is -2.28. The normalized spacial score (nSPS) is 12.5. The van der Waals surface area contributed by atoms with Crippen molar-refractivity contribution in [1.82, 2.24) is 0 Å². The van der Waals surface area contributed by atoms with Gasteiger partial charge in [-0.1, -0.05) is 42.3 Å². The number of amides is 1. The zero-order chi connectivity index (χ0) is 20.2. The molecule has 0 aromatic heterocycles. The second-order valence-electron chi connectivity index (χ2n) is 5.78. The van der Waals surface area contributed by atoms with Crippen molar-refractivity contribution in [3.63, 3.8) is 0 Å². The third-order valence-corrected chi connectivity index (χ3v) is 6.27. The number of rotatable bonds is 7. The predicted octanol–water partition coefficient (Wildman–Crippen LogP) is 4.90. The van der Waals surface area contributed by atoms with Gasteiger partial charge in [0.2, 0.25) is 15.9 Å². The fourth-order valence-corrected chi connectivity index (χ4v) is 5.00. The second kappa shape index (κ2) is 9.19. The highest BCUT2D eigenvalue weighted by Crippen LogP contribution is 2.30. The maximum Gasteiger partial charge on any atom is 0.248 e. The van der Waals surface area contributed by atoms with Crippen LogP contribution in [-0.4, -0.2) is 32.4 Å². The molecule has 0 aliphatic heterocycles. The highest BCUT2D eigenvalue weighted by atomic mass is 35.5. The minimum atomic E-state index is -3.76. The van der Waals surface area contributed by atoms with Crippen LogP contribution in [0, 0.1) is 0 Å². The average Bonchev–Trinajstić information content (AvgIpc) is 2.54. The molecule has 0 heterocycles. The first-order chi connectivity index (χ1) is 12.6. The summed E-state index contributed by atoms with van der Waals surface area (Å²) in [5.41, 5.74) is 0.868. The molecule has 0 spiro atoms. The van der Waals surface area contributed by atoms with Gasteiger partial charge in [0, 0.05) is 14.9 Å². The third-order valence-electron chi connectivity index (χ3n) is 3.64. The van der Waals surface area contributed by atoms with E-state index in [0.29, 0.717) is 5.69 Å². The molecule has 0 bridgehead atoms. The molecule has 1 amide bonds. The molecule has 2 aromatic rings. The molecule has 0 radical (unpaired) electrons. The van der Waals surface area contributed by atoms with Crippen LogP contribution in [-0.2, 0) is 14.8 Å². The van der Waals surface area contributed by atoms with Gasteiger partial charge in [-0.2, -0.15) is 0 Å². The Hall–Kier alpha value is -1.41. The van der Waals surface area contributed by atoms with E-state index >= 15 is 0 Å². The molecular weight excluding hydrogens is 427 g/mol. The first-order valence-electron chi connectivity index (χ1n) is 8.11. The number of thioether (sulfide) groups is 1. The summed E-state index contributed by atoms with van der Waals surface area (Å²) in [4.78, 5) is 13.7. The van der Waals surface area contributed by atoms with Crippen LogP contribution in [0.25, 0.3) is 0 Å². The Bertz CT molecular complexity index is 916. The van der Waals surface area contributed by atoms with Crippen LogP contribution in [0.15, 0.2) is 47.4 Å². The lowest BCUT2D eigenvalue weighted by atomic mass is 10.2. The number of nitrogens with zero attached hydrogens (tertiary/aromatic N) is 1. The molecule has 0 unspecified atom stereocenters. The van der Waals surface area contributed by atoms with Gasteiger partial charge in [0.05, 0.1) is 17.6 Å². The van der Waals surface area contributed by atoms with Crippen molar-refractivity contribution < 1.29 is 13.2 Å². The number of halogens is 2. The van der Waals surface area contributed by atoms with E-state index in [1.807, 2.05) is 25.1 Å². The molecule has 146 valence electrons. The Balaban J connectivity index is 2.36. The fourth-order valence-electron chi connectivity index (χ4n) is 2.56. The summed E-state index contributed by atoms with van der Waals surface area (Å²) in [6.45, 7) is 3.53. The average molecular weight is 447 g/mol. The van der Waals surface area contributed by atoms with Crippen LogP contribution < -0.4 is 9.62 Å². The molecule has 0 aliphatic rings. The number of anilines is 2. The van der Waals surface area contributed by atoms with Gasteiger partial charge in [0.15, 0.2) is 0 Å².